The third kappa shape index (κ3) is 4.92. The third-order valence-corrected chi connectivity index (χ3v) is 6.43. The summed E-state index contributed by atoms with van der Waals surface area (Å²) in [6.07, 6.45) is 2.23. The van der Waals surface area contributed by atoms with E-state index in [0.717, 1.165) is 11.4 Å². The standard InChI is InChI=1S/C20H21FN4O3S/c1-23-17-3-5-19(6-4-17)29(26,27)25-10-8-18(9-11-25)24-28-14-15-2-7-20(21)16(12-15)13-22/h2-8,12,23-24H,9-11,14H2,1H3. The Kier molecular flexibility index (Phi) is 6.49. The number of sulfonamides is 1. The first-order valence-electron chi connectivity index (χ1n) is 8.97. The molecule has 1 aliphatic rings. The summed E-state index contributed by atoms with van der Waals surface area (Å²) in [5.41, 5.74) is 5.03. The molecule has 0 aliphatic carbocycles. The van der Waals surface area contributed by atoms with E-state index in [4.69, 9.17) is 10.1 Å². The predicted octanol–water partition coefficient (Wildman–Crippen LogP) is 2.74. The van der Waals surface area contributed by atoms with Crippen molar-refractivity contribution < 1.29 is 17.6 Å². The highest BCUT2D eigenvalue weighted by atomic mass is 32.2. The number of hydroxylamine groups is 1. The van der Waals surface area contributed by atoms with E-state index in [2.05, 4.69) is 10.8 Å². The zero-order valence-corrected chi connectivity index (χ0v) is 16.7. The van der Waals surface area contributed by atoms with Crippen LogP contribution in [0.3, 0.4) is 0 Å². The molecule has 0 bridgehead atoms. The van der Waals surface area contributed by atoms with Gasteiger partial charge in [-0.25, -0.2) is 12.8 Å². The number of nitrogens with zero attached hydrogens (tertiary/aromatic N) is 2. The molecule has 0 unspecified atom stereocenters. The Balaban J connectivity index is 1.55. The van der Waals surface area contributed by atoms with Crippen molar-refractivity contribution in [2.24, 2.45) is 0 Å². The average Bonchev–Trinajstić information content (AvgIpc) is 2.75. The van der Waals surface area contributed by atoms with Gasteiger partial charge in [-0.1, -0.05) is 6.07 Å². The van der Waals surface area contributed by atoms with Crippen LogP contribution in [0.2, 0.25) is 0 Å². The molecule has 1 aliphatic heterocycles. The molecular weight excluding hydrogens is 395 g/mol. The minimum atomic E-state index is -3.56. The van der Waals surface area contributed by atoms with Gasteiger partial charge in [0.05, 0.1) is 17.1 Å². The Labute approximate surface area is 169 Å². The minimum Gasteiger partial charge on any atom is -0.388 e. The van der Waals surface area contributed by atoms with Crippen LogP contribution < -0.4 is 10.8 Å². The number of hydrogen-bond acceptors (Lipinski definition) is 6. The van der Waals surface area contributed by atoms with Crippen LogP contribution in [-0.4, -0.2) is 32.9 Å². The van der Waals surface area contributed by atoms with Crippen LogP contribution in [-0.2, 0) is 21.5 Å². The molecule has 1 heterocycles. The van der Waals surface area contributed by atoms with Gasteiger partial charge < -0.3 is 5.32 Å². The molecule has 3 rings (SSSR count). The number of nitriles is 1. The topological polar surface area (TPSA) is 94.5 Å². The fourth-order valence-electron chi connectivity index (χ4n) is 2.86. The first kappa shape index (κ1) is 20.8. The number of hydrogen-bond donors (Lipinski definition) is 2. The lowest BCUT2D eigenvalue weighted by Crippen LogP contribution is -2.36. The van der Waals surface area contributed by atoms with Crippen LogP contribution in [0.15, 0.2) is 59.1 Å². The van der Waals surface area contributed by atoms with Crippen LogP contribution in [0.25, 0.3) is 0 Å². The molecule has 29 heavy (non-hydrogen) atoms. The highest BCUT2D eigenvalue weighted by molar-refractivity contribution is 7.89. The maximum atomic E-state index is 13.3. The van der Waals surface area contributed by atoms with Crippen LogP contribution in [0.4, 0.5) is 10.1 Å². The van der Waals surface area contributed by atoms with Crippen molar-refractivity contribution in [1.29, 1.82) is 5.26 Å². The predicted molar refractivity (Wildman–Crippen MR) is 106 cm³/mol. The van der Waals surface area contributed by atoms with Gasteiger partial charge in [0.25, 0.3) is 0 Å². The monoisotopic (exact) mass is 416 g/mol. The van der Waals surface area contributed by atoms with Crippen molar-refractivity contribution in [3.8, 4) is 6.07 Å². The average molecular weight is 416 g/mol. The van der Waals surface area contributed by atoms with Crippen molar-refractivity contribution in [3.05, 3.63) is 71.2 Å². The summed E-state index contributed by atoms with van der Waals surface area (Å²) in [5, 5.41) is 11.8. The van der Waals surface area contributed by atoms with E-state index in [1.54, 1.807) is 49.5 Å². The molecule has 0 spiro atoms. The lowest BCUT2D eigenvalue weighted by Gasteiger charge is -2.26. The Morgan fingerprint density at radius 3 is 2.62 bits per heavy atom. The molecule has 0 amide bonds. The molecule has 7 nitrogen and oxygen atoms in total. The fourth-order valence-corrected chi connectivity index (χ4v) is 4.24. The maximum Gasteiger partial charge on any atom is 0.243 e. The van der Waals surface area contributed by atoms with Crippen molar-refractivity contribution >= 4 is 15.7 Å². The van der Waals surface area contributed by atoms with E-state index in [0.29, 0.717) is 18.5 Å². The van der Waals surface area contributed by atoms with Crippen molar-refractivity contribution in [2.75, 3.05) is 25.5 Å². The van der Waals surface area contributed by atoms with Crippen molar-refractivity contribution in [2.45, 2.75) is 17.9 Å². The smallest absolute Gasteiger partial charge is 0.243 e. The second kappa shape index (κ2) is 9.05. The van der Waals surface area contributed by atoms with E-state index >= 15 is 0 Å². The second-order valence-corrected chi connectivity index (χ2v) is 8.37. The summed E-state index contributed by atoms with van der Waals surface area (Å²) >= 11 is 0. The van der Waals surface area contributed by atoms with E-state index in [9.17, 15) is 12.8 Å². The van der Waals surface area contributed by atoms with Gasteiger partial charge in [0.1, 0.15) is 11.9 Å². The Hall–Kier alpha value is -2.93. The van der Waals surface area contributed by atoms with E-state index in [-0.39, 0.29) is 23.6 Å². The molecule has 2 aromatic rings. The molecule has 0 atom stereocenters. The largest absolute Gasteiger partial charge is 0.388 e. The number of halogens is 1. The summed E-state index contributed by atoms with van der Waals surface area (Å²) in [6, 6.07) is 12.6. The van der Waals surface area contributed by atoms with Crippen LogP contribution in [0.1, 0.15) is 17.5 Å². The first-order valence-corrected chi connectivity index (χ1v) is 10.4. The molecule has 9 heteroatoms. The molecular formula is C20H21FN4O3S. The normalized spacial score (nSPS) is 14.7. The van der Waals surface area contributed by atoms with E-state index in [1.807, 2.05) is 0 Å². The summed E-state index contributed by atoms with van der Waals surface area (Å²) in [6.45, 7) is 0.705. The highest BCUT2D eigenvalue weighted by Crippen LogP contribution is 2.21. The summed E-state index contributed by atoms with van der Waals surface area (Å²) in [4.78, 5) is 5.66. The van der Waals surface area contributed by atoms with Gasteiger partial charge in [-0.2, -0.15) is 9.57 Å². The number of anilines is 1. The maximum absolute atomic E-state index is 13.3. The quantitative estimate of drug-likeness (QED) is 0.674. The van der Waals surface area contributed by atoms with Gasteiger partial charge in [-0.3, -0.25) is 10.3 Å². The van der Waals surface area contributed by atoms with Gasteiger partial charge in [0.2, 0.25) is 10.0 Å². The molecule has 0 saturated heterocycles. The summed E-state index contributed by atoms with van der Waals surface area (Å²) in [7, 11) is -1.79. The van der Waals surface area contributed by atoms with Gasteiger partial charge in [0.15, 0.2) is 0 Å². The summed E-state index contributed by atoms with van der Waals surface area (Å²) < 4.78 is 40.2. The molecule has 2 aromatic carbocycles. The molecule has 2 N–H and O–H groups in total. The summed E-state index contributed by atoms with van der Waals surface area (Å²) in [5.74, 6) is -0.568. The fraction of sp³-hybridized carbons (Fsp3) is 0.250. The molecule has 0 radical (unpaired) electrons. The van der Waals surface area contributed by atoms with Crippen molar-refractivity contribution in [1.82, 2.24) is 9.79 Å². The minimum absolute atomic E-state index is 0.0356. The zero-order chi connectivity index (χ0) is 20.9. The Morgan fingerprint density at radius 1 is 1.24 bits per heavy atom. The second-order valence-electron chi connectivity index (χ2n) is 6.43. The highest BCUT2D eigenvalue weighted by Gasteiger charge is 2.26. The van der Waals surface area contributed by atoms with Gasteiger partial charge in [-0.15, -0.1) is 0 Å². The van der Waals surface area contributed by atoms with E-state index in [1.165, 1.54) is 16.4 Å². The number of nitrogens with one attached hydrogen (secondary N) is 2. The third-order valence-electron chi connectivity index (χ3n) is 4.55. The van der Waals surface area contributed by atoms with Crippen LogP contribution >= 0.6 is 0 Å². The Bertz CT molecular complexity index is 1050. The molecule has 0 aromatic heterocycles. The number of benzene rings is 2. The van der Waals surface area contributed by atoms with Gasteiger partial charge in [0, 0.05) is 37.9 Å². The van der Waals surface area contributed by atoms with Crippen molar-refractivity contribution in [3.63, 3.8) is 0 Å². The SMILES string of the molecule is CNc1ccc(S(=O)(=O)N2CC=C(NOCc3ccc(F)c(C#N)c3)CC2)cc1. The Morgan fingerprint density at radius 2 is 2.00 bits per heavy atom. The molecule has 0 saturated carbocycles. The van der Waals surface area contributed by atoms with Gasteiger partial charge in [-0.05, 0) is 48.0 Å². The molecule has 152 valence electrons. The number of rotatable bonds is 7. The zero-order valence-electron chi connectivity index (χ0n) is 15.9. The lowest BCUT2D eigenvalue weighted by atomic mass is 10.1. The van der Waals surface area contributed by atoms with Crippen LogP contribution in [0.5, 0.6) is 0 Å². The van der Waals surface area contributed by atoms with E-state index < -0.39 is 15.8 Å². The lowest BCUT2D eigenvalue weighted by molar-refractivity contribution is 0.0452. The van der Waals surface area contributed by atoms with Crippen LogP contribution in [0, 0.1) is 17.1 Å². The first-order chi connectivity index (χ1) is 13.9. The van der Waals surface area contributed by atoms with Gasteiger partial charge >= 0.3 is 0 Å². The molecule has 0 fully saturated rings.